The second-order valence-corrected chi connectivity index (χ2v) is 11.0. The number of anilines is 2. The highest BCUT2D eigenvalue weighted by molar-refractivity contribution is 5.93. The van der Waals surface area contributed by atoms with E-state index in [-0.39, 0.29) is 31.4 Å². The van der Waals surface area contributed by atoms with Crippen molar-refractivity contribution in [2.75, 3.05) is 23.8 Å². The lowest BCUT2D eigenvalue weighted by Gasteiger charge is -2.27. The van der Waals surface area contributed by atoms with Crippen LogP contribution in [0.1, 0.15) is 46.7 Å². The second-order valence-electron chi connectivity index (χ2n) is 11.0. The molecule has 0 spiro atoms. The number of urea groups is 1. The van der Waals surface area contributed by atoms with Gasteiger partial charge in [-0.2, -0.15) is 0 Å². The first kappa shape index (κ1) is 33.3. The minimum absolute atomic E-state index is 0.154. The first-order valence-corrected chi connectivity index (χ1v) is 14.9. The van der Waals surface area contributed by atoms with Crippen LogP contribution < -0.4 is 26.0 Å². The van der Waals surface area contributed by atoms with Gasteiger partial charge in [0.15, 0.2) is 6.61 Å². The summed E-state index contributed by atoms with van der Waals surface area (Å²) in [6.07, 6.45) is -0.174. The van der Waals surface area contributed by atoms with Crippen LogP contribution in [0.15, 0.2) is 97.1 Å². The number of hydrogen-bond donors (Lipinski definition) is 5. The molecule has 0 aromatic heterocycles. The lowest BCUT2D eigenvalue weighted by molar-refractivity contribution is -0.136. The Hall–Kier alpha value is -5.64. The van der Waals surface area contributed by atoms with Gasteiger partial charge in [-0.05, 0) is 72.0 Å². The molecule has 4 amide bonds. The van der Waals surface area contributed by atoms with Crippen molar-refractivity contribution in [3.8, 4) is 5.75 Å². The van der Waals surface area contributed by atoms with Gasteiger partial charge in [0.2, 0.25) is 5.91 Å². The molecule has 46 heavy (non-hydrogen) atoms. The molecule has 0 aliphatic heterocycles. The Kier molecular flexibility index (Phi) is 11.5. The number of benzene rings is 4. The van der Waals surface area contributed by atoms with Crippen molar-refractivity contribution in [2.24, 2.45) is 0 Å². The van der Waals surface area contributed by atoms with Gasteiger partial charge in [0, 0.05) is 17.3 Å². The van der Waals surface area contributed by atoms with Crippen LogP contribution in [-0.4, -0.2) is 42.1 Å². The third-order valence-corrected chi connectivity index (χ3v) is 7.56. The molecule has 2 atom stereocenters. The molecule has 4 rings (SSSR count). The van der Waals surface area contributed by atoms with Crippen molar-refractivity contribution in [2.45, 2.75) is 39.2 Å². The highest BCUT2D eigenvalue weighted by Crippen LogP contribution is 2.32. The Balaban J connectivity index is 1.41. The minimum Gasteiger partial charge on any atom is -0.484 e. The number of hydrogen-bond acceptors (Lipinski definition) is 5. The van der Waals surface area contributed by atoms with Crippen molar-refractivity contribution >= 4 is 35.2 Å². The smallest absolute Gasteiger partial charge is 0.319 e. The number of carboxylic acid groups (broad SMARTS) is 1. The molecule has 0 bridgehead atoms. The minimum atomic E-state index is -0.978. The Morgan fingerprint density at radius 2 is 1.50 bits per heavy atom. The van der Waals surface area contributed by atoms with Gasteiger partial charge >= 0.3 is 12.0 Å². The zero-order chi connectivity index (χ0) is 33.1. The predicted molar refractivity (Wildman–Crippen MR) is 177 cm³/mol. The van der Waals surface area contributed by atoms with Crippen molar-refractivity contribution in [3.63, 3.8) is 0 Å². The maximum Gasteiger partial charge on any atom is 0.319 e. The zero-order valence-corrected chi connectivity index (χ0v) is 26.0. The summed E-state index contributed by atoms with van der Waals surface area (Å²) in [5.41, 5.74) is 5.50. The lowest BCUT2D eigenvalue weighted by atomic mass is 9.88. The summed E-state index contributed by atoms with van der Waals surface area (Å²) < 4.78 is 5.83. The van der Waals surface area contributed by atoms with Gasteiger partial charge in [0.25, 0.3) is 5.91 Å². The third kappa shape index (κ3) is 9.68. The summed E-state index contributed by atoms with van der Waals surface area (Å²) in [4.78, 5) is 49.3. The van der Waals surface area contributed by atoms with Crippen LogP contribution >= 0.6 is 0 Å². The molecule has 238 valence electrons. The number of carbonyl (C=O) groups excluding carboxylic acids is 3. The normalized spacial score (nSPS) is 11.9. The molecule has 0 heterocycles. The SMILES string of the molecule is Cc1cccc(NC(=O)COc2cccc(C(NC(=O)CNC(=O)Nc3cccc(CC(=O)O)c3)C(C)c3ccccc3)c2)c1C. The van der Waals surface area contributed by atoms with E-state index in [4.69, 9.17) is 9.84 Å². The Bertz CT molecular complexity index is 1690. The molecule has 0 aliphatic carbocycles. The summed E-state index contributed by atoms with van der Waals surface area (Å²) in [5.74, 6) is -1.37. The molecule has 0 fully saturated rings. The summed E-state index contributed by atoms with van der Waals surface area (Å²) in [6.45, 7) is 5.43. The number of amides is 4. The fourth-order valence-electron chi connectivity index (χ4n) is 4.96. The molecule has 0 saturated heterocycles. The standard InChI is InChI=1S/C36H38N4O6/c1-23-10-7-17-31(24(23)2)39-33(42)22-46-30-16-9-14-28(20-30)35(25(3)27-12-5-4-6-13-27)40-32(41)21-37-36(45)38-29-15-8-11-26(18-29)19-34(43)44/h4-18,20,25,35H,19,21-22H2,1-3H3,(H,39,42)(H,40,41)(H,43,44)(H2,37,38,45). The van der Waals surface area contributed by atoms with Crippen LogP contribution in [0.4, 0.5) is 16.2 Å². The summed E-state index contributed by atoms with van der Waals surface area (Å²) in [7, 11) is 0. The van der Waals surface area contributed by atoms with Crippen molar-refractivity contribution in [3.05, 3.63) is 125 Å². The molecule has 4 aromatic rings. The highest BCUT2D eigenvalue weighted by atomic mass is 16.5. The van der Waals surface area contributed by atoms with Gasteiger partial charge in [-0.15, -0.1) is 0 Å². The topological polar surface area (TPSA) is 146 Å². The Morgan fingerprint density at radius 1 is 0.783 bits per heavy atom. The molecule has 0 saturated carbocycles. The third-order valence-electron chi connectivity index (χ3n) is 7.56. The van der Waals surface area contributed by atoms with Gasteiger partial charge in [-0.25, -0.2) is 4.79 Å². The van der Waals surface area contributed by atoms with Gasteiger partial charge in [-0.1, -0.05) is 73.7 Å². The van der Waals surface area contributed by atoms with Crippen LogP contribution in [-0.2, 0) is 20.8 Å². The van der Waals surface area contributed by atoms with Crippen LogP contribution in [0.2, 0.25) is 0 Å². The van der Waals surface area contributed by atoms with Gasteiger partial charge in [-0.3, -0.25) is 14.4 Å². The van der Waals surface area contributed by atoms with Gasteiger partial charge in [0.1, 0.15) is 5.75 Å². The van der Waals surface area contributed by atoms with Gasteiger partial charge in [0.05, 0.1) is 19.0 Å². The van der Waals surface area contributed by atoms with E-state index >= 15 is 0 Å². The summed E-state index contributed by atoms with van der Waals surface area (Å²) >= 11 is 0. The van der Waals surface area contributed by atoms with E-state index in [1.807, 2.05) is 75.4 Å². The van der Waals surface area contributed by atoms with Crippen LogP contribution in [0, 0.1) is 13.8 Å². The fraction of sp³-hybridized carbons (Fsp3) is 0.222. The maximum absolute atomic E-state index is 13.1. The van der Waals surface area contributed by atoms with E-state index in [9.17, 15) is 19.2 Å². The van der Waals surface area contributed by atoms with Crippen molar-refractivity contribution < 1.29 is 29.0 Å². The average Bonchev–Trinajstić information content (AvgIpc) is 3.04. The summed E-state index contributed by atoms with van der Waals surface area (Å²) in [5, 5.41) is 20.1. The van der Waals surface area contributed by atoms with E-state index in [0.29, 0.717) is 17.0 Å². The number of carboxylic acids is 1. The van der Waals surface area contributed by atoms with Crippen LogP contribution in [0.25, 0.3) is 0 Å². The molecule has 0 aliphatic rings. The lowest BCUT2D eigenvalue weighted by Crippen LogP contribution is -2.41. The van der Waals surface area contributed by atoms with Gasteiger partial charge < -0.3 is 31.1 Å². The number of nitrogens with one attached hydrogen (secondary N) is 4. The number of carbonyl (C=O) groups is 4. The largest absolute Gasteiger partial charge is 0.484 e. The molecule has 5 N–H and O–H groups in total. The molecule has 10 heteroatoms. The fourth-order valence-corrected chi connectivity index (χ4v) is 4.96. The Labute approximate surface area is 268 Å². The van der Waals surface area contributed by atoms with Crippen molar-refractivity contribution in [1.82, 2.24) is 10.6 Å². The molecule has 10 nitrogen and oxygen atoms in total. The van der Waals surface area contributed by atoms with Crippen LogP contribution in [0.5, 0.6) is 5.75 Å². The number of aliphatic carboxylic acids is 1. The molecular formula is C36H38N4O6. The summed E-state index contributed by atoms with van der Waals surface area (Å²) in [6, 6.07) is 28.0. The maximum atomic E-state index is 13.1. The average molecular weight is 623 g/mol. The number of ether oxygens (including phenoxy) is 1. The first-order valence-electron chi connectivity index (χ1n) is 14.9. The first-order chi connectivity index (χ1) is 22.1. The second kappa shape index (κ2) is 15.9. The van der Waals surface area contributed by atoms with E-state index in [1.165, 1.54) is 0 Å². The molecule has 0 radical (unpaired) electrons. The molecule has 2 unspecified atom stereocenters. The number of aryl methyl sites for hydroxylation is 1. The molecule has 4 aromatic carbocycles. The monoisotopic (exact) mass is 622 g/mol. The Morgan fingerprint density at radius 3 is 2.26 bits per heavy atom. The predicted octanol–water partition coefficient (Wildman–Crippen LogP) is 5.73. The van der Waals surface area contributed by atoms with E-state index < -0.39 is 23.9 Å². The van der Waals surface area contributed by atoms with E-state index in [1.54, 1.807) is 42.5 Å². The van der Waals surface area contributed by atoms with Crippen molar-refractivity contribution in [1.29, 1.82) is 0 Å². The van der Waals surface area contributed by atoms with E-state index in [2.05, 4.69) is 21.3 Å². The van der Waals surface area contributed by atoms with Crippen LogP contribution in [0.3, 0.4) is 0 Å². The van der Waals surface area contributed by atoms with E-state index in [0.717, 1.165) is 27.9 Å². The number of rotatable bonds is 13. The zero-order valence-electron chi connectivity index (χ0n) is 26.0. The quantitative estimate of drug-likeness (QED) is 0.129. The highest BCUT2D eigenvalue weighted by Gasteiger charge is 2.24. The molecular weight excluding hydrogens is 584 g/mol.